The van der Waals surface area contributed by atoms with Crippen LogP contribution in [-0.4, -0.2) is 40.1 Å². The molecule has 5 nitrogen and oxygen atoms in total. The number of aromatic carboxylic acids is 1. The molecule has 0 aromatic carbocycles. The highest BCUT2D eigenvalue weighted by Crippen LogP contribution is 2.69. The number of fused-ring (bicyclic) bond motifs is 1. The number of halogens is 2. The average Bonchev–Trinajstić information content (AvgIpc) is 2.83. The second-order valence-electron chi connectivity index (χ2n) is 5.35. The minimum absolute atomic E-state index is 0.151. The summed E-state index contributed by atoms with van der Waals surface area (Å²) in [6, 6.07) is 0. The van der Waals surface area contributed by atoms with Gasteiger partial charge in [-0.25, -0.2) is 23.5 Å². The Labute approximate surface area is 108 Å². The zero-order valence-corrected chi connectivity index (χ0v) is 10.3. The van der Waals surface area contributed by atoms with Crippen LogP contribution in [0, 0.1) is 11.3 Å². The Kier molecular flexibility index (Phi) is 2.33. The number of piperidine rings is 1. The van der Waals surface area contributed by atoms with Gasteiger partial charge in [0.25, 0.3) is 5.92 Å². The van der Waals surface area contributed by atoms with E-state index in [9.17, 15) is 13.6 Å². The predicted octanol–water partition coefficient (Wildman–Crippen LogP) is 1.66. The first kappa shape index (κ1) is 12.3. The average molecular weight is 269 g/mol. The third-order valence-electron chi connectivity index (χ3n) is 4.37. The molecule has 1 saturated carbocycles. The summed E-state index contributed by atoms with van der Waals surface area (Å²) in [7, 11) is 0. The highest BCUT2D eigenvalue weighted by Gasteiger charge is 2.78. The van der Waals surface area contributed by atoms with Crippen molar-refractivity contribution in [3.05, 3.63) is 18.1 Å². The number of carbonyl (C=O) groups is 1. The number of alkyl halides is 2. The number of hydrogen-bond acceptors (Lipinski definition) is 4. The fourth-order valence-corrected chi connectivity index (χ4v) is 2.81. The van der Waals surface area contributed by atoms with Crippen LogP contribution in [0.3, 0.4) is 0 Å². The Bertz CT molecular complexity index is 534. The summed E-state index contributed by atoms with van der Waals surface area (Å²) in [6.07, 6.45) is 2.89. The zero-order chi connectivity index (χ0) is 13.8. The lowest BCUT2D eigenvalue weighted by molar-refractivity contribution is 0.0635. The van der Waals surface area contributed by atoms with Crippen molar-refractivity contribution >= 4 is 11.8 Å². The number of anilines is 1. The molecule has 3 rings (SSSR count). The van der Waals surface area contributed by atoms with E-state index in [-0.39, 0.29) is 12.2 Å². The molecule has 1 saturated heterocycles. The van der Waals surface area contributed by atoms with Crippen LogP contribution in [0.2, 0.25) is 0 Å². The molecule has 2 fully saturated rings. The molecular formula is C12H13F2N3O2. The van der Waals surface area contributed by atoms with Crippen LogP contribution in [-0.2, 0) is 0 Å². The predicted molar refractivity (Wildman–Crippen MR) is 62.4 cm³/mol. The third-order valence-corrected chi connectivity index (χ3v) is 4.37. The van der Waals surface area contributed by atoms with Crippen molar-refractivity contribution in [2.75, 3.05) is 18.0 Å². The normalized spacial score (nSPS) is 31.7. The van der Waals surface area contributed by atoms with Gasteiger partial charge in [-0.1, -0.05) is 6.92 Å². The summed E-state index contributed by atoms with van der Waals surface area (Å²) in [5.74, 6) is -3.95. The van der Waals surface area contributed by atoms with E-state index in [4.69, 9.17) is 5.11 Å². The summed E-state index contributed by atoms with van der Waals surface area (Å²) in [4.78, 5) is 20.1. The van der Waals surface area contributed by atoms with E-state index in [1.165, 1.54) is 6.20 Å². The van der Waals surface area contributed by atoms with E-state index in [1.54, 1.807) is 11.8 Å². The molecule has 2 unspecified atom stereocenters. The maximum Gasteiger partial charge on any atom is 0.356 e. The third kappa shape index (κ3) is 1.60. The van der Waals surface area contributed by atoms with Gasteiger partial charge in [0.2, 0.25) is 0 Å². The highest BCUT2D eigenvalue weighted by atomic mass is 19.3. The van der Waals surface area contributed by atoms with Gasteiger partial charge in [0, 0.05) is 18.5 Å². The molecule has 0 bridgehead atoms. The van der Waals surface area contributed by atoms with Gasteiger partial charge in [-0.05, 0) is 6.42 Å². The molecule has 7 heteroatoms. The molecule has 2 heterocycles. The Morgan fingerprint density at radius 3 is 2.74 bits per heavy atom. The first-order valence-corrected chi connectivity index (χ1v) is 6.04. The van der Waals surface area contributed by atoms with Crippen molar-refractivity contribution in [3.63, 3.8) is 0 Å². The van der Waals surface area contributed by atoms with Gasteiger partial charge >= 0.3 is 5.97 Å². The molecule has 0 radical (unpaired) electrons. The number of nitrogens with zero attached hydrogens (tertiary/aromatic N) is 3. The monoisotopic (exact) mass is 269 g/mol. The largest absolute Gasteiger partial charge is 0.476 e. The first-order chi connectivity index (χ1) is 8.86. The van der Waals surface area contributed by atoms with Gasteiger partial charge in [0.15, 0.2) is 5.69 Å². The smallest absolute Gasteiger partial charge is 0.356 e. The summed E-state index contributed by atoms with van der Waals surface area (Å²) >= 11 is 0. The first-order valence-electron chi connectivity index (χ1n) is 6.04. The van der Waals surface area contributed by atoms with E-state index < -0.39 is 23.2 Å². The topological polar surface area (TPSA) is 66.3 Å². The van der Waals surface area contributed by atoms with Crippen molar-refractivity contribution < 1.29 is 18.7 Å². The van der Waals surface area contributed by atoms with E-state index >= 15 is 0 Å². The summed E-state index contributed by atoms with van der Waals surface area (Å²) < 4.78 is 27.2. The van der Waals surface area contributed by atoms with Crippen LogP contribution in [0.5, 0.6) is 0 Å². The van der Waals surface area contributed by atoms with Gasteiger partial charge in [0.05, 0.1) is 18.3 Å². The van der Waals surface area contributed by atoms with Gasteiger partial charge in [0.1, 0.15) is 5.82 Å². The summed E-state index contributed by atoms with van der Waals surface area (Å²) in [6.45, 7) is 2.35. The Hall–Kier alpha value is -1.79. The highest BCUT2D eigenvalue weighted by molar-refractivity contribution is 5.84. The summed E-state index contributed by atoms with van der Waals surface area (Å²) in [5, 5.41) is 8.72. The molecule has 19 heavy (non-hydrogen) atoms. The van der Waals surface area contributed by atoms with Gasteiger partial charge in [-0.2, -0.15) is 0 Å². The molecule has 2 aliphatic rings. The van der Waals surface area contributed by atoms with Crippen molar-refractivity contribution in [2.45, 2.75) is 19.3 Å². The molecule has 0 spiro atoms. The lowest BCUT2D eigenvalue weighted by Gasteiger charge is -2.29. The van der Waals surface area contributed by atoms with Crippen molar-refractivity contribution in [1.82, 2.24) is 9.97 Å². The fourth-order valence-electron chi connectivity index (χ4n) is 2.81. The lowest BCUT2D eigenvalue weighted by Crippen LogP contribution is -2.34. The lowest BCUT2D eigenvalue weighted by atomic mass is 9.97. The van der Waals surface area contributed by atoms with Crippen molar-refractivity contribution in [1.29, 1.82) is 0 Å². The van der Waals surface area contributed by atoms with Gasteiger partial charge < -0.3 is 10.0 Å². The summed E-state index contributed by atoms with van der Waals surface area (Å²) in [5.41, 5.74) is -1.03. The molecule has 1 aliphatic carbocycles. The van der Waals surface area contributed by atoms with E-state index in [0.29, 0.717) is 18.8 Å². The number of carboxylic acids is 1. The van der Waals surface area contributed by atoms with E-state index in [2.05, 4.69) is 9.97 Å². The van der Waals surface area contributed by atoms with E-state index in [1.807, 2.05) is 0 Å². The minimum Gasteiger partial charge on any atom is -0.476 e. The molecule has 1 N–H and O–H groups in total. The van der Waals surface area contributed by atoms with Crippen LogP contribution in [0.1, 0.15) is 23.8 Å². The molecule has 102 valence electrons. The number of carboxylic acid groups (broad SMARTS) is 1. The molecular weight excluding hydrogens is 256 g/mol. The van der Waals surface area contributed by atoms with E-state index in [0.717, 1.165) is 6.20 Å². The van der Waals surface area contributed by atoms with Gasteiger partial charge in [-0.3, -0.25) is 0 Å². The van der Waals surface area contributed by atoms with Crippen molar-refractivity contribution in [3.8, 4) is 0 Å². The Balaban J connectivity index is 1.76. The standard InChI is InChI=1S/C12H13F2N3O2/c1-11-2-3-17(6-8(11)12(11,13)14)9-5-15-7(4-16-9)10(18)19/h4-5,8H,2-3,6H2,1H3,(H,18,19). The van der Waals surface area contributed by atoms with Gasteiger partial charge in [-0.15, -0.1) is 0 Å². The molecule has 0 amide bonds. The molecule has 2 atom stereocenters. The quantitative estimate of drug-likeness (QED) is 0.884. The maximum atomic E-state index is 13.6. The van der Waals surface area contributed by atoms with Crippen molar-refractivity contribution in [2.24, 2.45) is 11.3 Å². The SMILES string of the molecule is CC12CCN(c3cnc(C(=O)O)cn3)CC1C2(F)F. The Morgan fingerprint density at radius 1 is 1.47 bits per heavy atom. The molecule has 1 aromatic heterocycles. The minimum atomic E-state index is -2.60. The van der Waals surface area contributed by atoms with Crippen LogP contribution >= 0.6 is 0 Å². The molecule has 1 aromatic rings. The van der Waals surface area contributed by atoms with Crippen LogP contribution in [0.4, 0.5) is 14.6 Å². The number of rotatable bonds is 2. The second-order valence-corrected chi connectivity index (χ2v) is 5.35. The fraction of sp³-hybridized carbons (Fsp3) is 0.583. The van der Waals surface area contributed by atoms with Crippen LogP contribution < -0.4 is 4.90 Å². The number of aromatic nitrogens is 2. The maximum absolute atomic E-state index is 13.6. The molecule has 1 aliphatic heterocycles. The Morgan fingerprint density at radius 2 is 2.21 bits per heavy atom. The van der Waals surface area contributed by atoms with Crippen LogP contribution in [0.15, 0.2) is 12.4 Å². The second kappa shape index (κ2) is 3.61. The van der Waals surface area contributed by atoms with Crippen LogP contribution in [0.25, 0.3) is 0 Å². The zero-order valence-electron chi connectivity index (χ0n) is 10.3. The number of hydrogen-bond donors (Lipinski definition) is 1.